The Balaban J connectivity index is 4.31. The molecule has 6 nitrogen and oxygen atoms in total. The highest BCUT2D eigenvalue weighted by molar-refractivity contribution is 5.69. The van der Waals surface area contributed by atoms with E-state index < -0.39 is 0 Å². The highest BCUT2D eigenvalue weighted by atomic mass is 16.5. The van der Waals surface area contributed by atoms with Gasteiger partial charge in [0.2, 0.25) is 0 Å². The second-order valence-electron chi connectivity index (χ2n) is 16.6. The Bertz CT molecular complexity index is 747. The molecule has 0 radical (unpaired) electrons. The van der Waals surface area contributed by atoms with E-state index in [1.165, 1.54) is 187 Å². The summed E-state index contributed by atoms with van der Waals surface area (Å²) in [6, 6.07) is 0. The van der Waals surface area contributed by atoms with Gasteiger partial charge in [-0.1, -0.05) is 188 Å². The summed E-state index contributed by atoms with van der Waals surface area (Å²) < 4.78 is 10.8. The highest BCUT2D eigenvalue weighted by Gasteiger charge is 2.14. The Morgan fingerprint density at radius 2 is 0.868 bits per heavy atom. The van der Waals surface area contributed by atoms with Crippen molar-refractivity contribution in [2.45, 2.75) is 252 Å². The van der Waals surface area contributed by atoms with E-state index in [0.29, 0.717) is 13.0 Å². The Labute approximate surface area is 331 Å². The first-order valence-corrected chi connectivity index (χ1v) is 23.7. The Hall–Kier alpha value is -1.30. The predicted molar refractivity (Wildman–Crippen MR) is 230 cm³/mol. The number of carbonyl (C=O) groups is 2. The van der Waals surface area contributed by atoms with E-state index in [1.54, 1.807) is 0 Å². The van der Waals surface area contributed by atoms with Gasteiger partial charge < -0.3 is 19.7 Å². The topological polar surface area (TPSA) is 67.9 Å². The highest BCUT2D eigenvalue weighted by Crippen LogP contribution is 2.20. The minimum atomic E-state index is -0.340. The Kier molecular flexibility index (Phi) is 40.8. The lowest BCUT2D eigenvalue weighted by Crippen LogP contribution is -2.31. The Morgan fingerprint density at radius 1 is 0.491 bits per heavy atom. The molecule has 0 saturated carbocycles. The summed E-state index contributed by atoms with van der Waals surface area (Å²) in [5.41, 5.74) is 0. The van der Waals surface area contributed by atoms with Crippen LogP contribution in [0.5, 0.6) is 0 Å². The maximum atomic E-state index is 12.8. The second-order valence-corrected chi connectivity index (χ2v) is 16.6. The van der Waals surface area contributed by atoms with Crippen LogP contribution in [0.25, 0.3) is 0 Å². The number of rotatable bonds is 42. The van der Waals surface area contributed by atoms with Gasteiger partial charge in [-0.2, -0.15) is 0 Å². The van der Waals surface area contributed by atoms with E-state index >= 15 is 0 Å². The van der Waals surface area contributed by atoms with Crippen molar-refractivity contribution in [1.82, 2.24) is 10.2 Å². The zero-order chi connectivity index (χ0) is 38.9. The van der Waals surface area contributed by atoms with Gasteiger partial charge in [0, 0.05) is 13.0 Å². The number of hydrogen-bond donors (Lipinski definition) is 1. The van der Waals surface area contributed by atoms with Gasteiger partial charge in [-0.25, -0.2) is 4.79 Å². The zero-order valence-corrected chi connectivity index (χ0v) is 36.6. The lowest BCUT2D eigenvalue weighted by atomic mass is 9.96. The second kappa shape index (κ2) is 41.9. The third-order valence-electron chi connectivity index (χ3n) is 11.2. The molecule has 0 spiro atoms. The van der Waals surface area contributed by atoms with Gasteiger partial charge in [-0.05, 0) is 76.9 Å². The first-order valence-electron chi connectivity index (χ1n) is 23.7. The molecule has 0 fully saturated rings. The van der Waals surface area contributed by atoms with Crippen LogP contribution in [0.1, 0.15) is 246 Å². The van der Waals surface area contributed by atoms with Gasteiger partial charge in [0.05, 0.1) is 7.11 Å². The summed E-state index contributed by atoms with van der Waals surface area (Å²) in [6.45, 7) is 13.2. The van der Waals surface area contributed by atoms with E-state index in [0.717, 1.165) is 57.7 Å². The quantitative estimate of drug-likeness (QED) is 0.0497. The van der Waals surface area contributed by atoms with Crippen LogP contribution in [-0.2, 0) is 14.3 Å². The smallest absolute Gasteiger partial charge is 0.406 e. The van der Waals surface area contributed by atoms with Gasteiger partial charge >= 0.3 is 12.1 Å². The van der Waals surface area contributed by atoms with Crippen LogP contribution in [0.4, 0.5) is 4.79 Å². The fraction of sp³-hybridized carbons (Fsp3) is 0.957. The van der Waals surface area contributed by atoms with Crippen molar-refractivity contribution in [2.75, 3.05) is 33.3 Å². The van der Waals surface area contributed by atoms with Gasteiger partial charge in [-0.15, -0.1) is 0 Å². The number of alkyl carbamates (subject to hydrolysis) is 1. The summed E-state index contributed by atoms with van der Waals surface area (Å²) in [4.78, 5) is 26.9. The SMILES string of the molecule is CCCCCCCCC(C)CCCCCCCN(CCCCCCCC(=O)OC(CCCCCCCC)CCCCCCCC)CCCNC(=O)OC. The van der Waals surface area contributed by atoms with Crippen LogP contribution >= 0.6 is 0 Å². The molecule has 0 heterocycles. The van der Waals surface area contributed by atoms with Crippen molar-refractivity contribution in [1.29, 1.82) is 0 Å². The van der Waals surface area contributed by atoms with Crippen molar-refractivity contribution in [3.63, 3.8) is 0 Å². The molecule has 1 amide bonds. The molecule has 0 aromatic carbocycles. The molecule has 0 aliphatic rings. The number of nitrogens with zero attached hydrogens (tertiary/aromatic N) is 1. The maximum absolute atomic E-state index is 12.8. The fourth-order valence-electron chi connectivity index (χ4n) is 7.62. The molecule has 0 aromatic heterocycles. The Morgan fingerprint density at radius 3 is 1.32 bits per heavy atom. The first-order chi connectivity index (χ1) is 26.0. The summed E-state index contributed by atoms with van der Waals surface area (Å²) in [6.07, 6.45) is 42.4. The lowest BCUT2D eigenvalue weighted by molar-refractivity contribution is -0.150. The van der Waals surface area contributed by atoms with Gasteiger partial charge in [0.25, 0.3) is 0 Å². The number of nitrogens with one attached hydrogen (secondary N) is 1. The van der Waals surface area contributed by atoms with E-state index in [4.69, 9.17) is 9.47 Å². The molecule has 1 N–H and O–H groups in total. The molecule has 6 heteroatoms. The minimum absolute atomic E-state index is 0.0291. The molecule has 53 heavy (non-hydrogen) atoms. The van der Waals surface area contributed by atoms with Crippen molar-refractivity contribution in [2.24, 2.45) is 5.92 Å². The van der Waals surface area contributed by atoms with Crippen LogP contribution < -0.4 is 5.32 Å². The van der Waals surface area contributed by atoms with Crippen LogP contribution in [0.3, 0.4) is 0 Å². The third kappa shape index (κ3) is 38.8. The summed E-state index contributed by atoms with van der Waals surface area (Å²) in [7, 11) is 1.42. The maximum Gasteiger partial charge on any atom is 0.406 e. The molecule has 0 aliphatic heterocycles. The number of hydrogen-bond acceptors (Lipinski definition) is 5. The average Bonchev–Trinajstić information content (AvgIpc) is 3.15. The molecule has 1 atom stereocenters. The molecule has 0 bridgehead atoms. The van der Waals surface area contributed by atoms with Crippen molar-refractivity contribution in [3.8, 4) is 0 Å². The molecule has 0 rings (SSSR count). The van der Waals surface area contributed by atoms with Gasteiger partial charge in [0.15, 0.2) is 0 Å². The number of carbonyl (C=O) groups excluding carboxylic acids is 2. The molecule has 0 aromatic rings. The molecule has 0 aliphatic carbocycles. The predicted octanol–water partition coefficient (Wildman–Crippen LogP) is 14.5. The molecular formula is C47H94N2O4. The standard InChI is InChI=1S/C47H94N2O4/c1-6-9-12-15-20-27-35-44(4)36-28-21-18-25-32-41-49(43-34-40-48-47(51)52-5)42-33-26-19-24-31-39-46(50)53-45(37-29-22-16-13-10-7-2)38-30-23-17-14-11-8-3/h44-45H,6-43H2,1-5H3,(H,48,51). The van der Waals surface area contributed by atoms with Crippen molar-refractivity contribution in [3.05, 3.63) is 0 Å². The number of ether oxygens (including phenoxy) is 2. The lowest BCUT2D eigenvalue weighted by Gasteiger charge is -2.22. The van der Waals surface area contributed by atoms with Crippen LogP contribution in [0.2, 0.25) is 0 Å². The molecule has 1 unspecified atom stereocenters. The average molecular weight is 751 g/mol. The number of methoxy groups -OCH3 is 1. The molecule has 316 valence electrons. The molecular weight excluding hydrogens is 657 g/mol. The van der Waals surface area contributed by atoms with E-state index in [9.17, 15) is 9.59 Å². The monoisotopic (exact) mass is 751 g/mol. The number of esters is 1. The van der Waals surface area contributed by atoms with Crippen LogP contribution in [0, 0.1) is 5.92 Å². The zero-order valence-electron chi connectivity index (χ0n) is 36.6. The van der Waals surface area contributed by atoms with Crippen molar-refractivity contribution >= 4 is 12.1 Å². The molecule has 0 saturated heterocycles. The van der Waals surface area contributed by atoms with E-state index in [2.05, 4.69) is 37.9 Å². The van der Waals surface area contributed by atoms with Crippen molar-refractivity contribution < 1.29 is 19.1 Å². The normalized spacial score (nSPS) is 12.1. The summed E-state index contributed by atoms with van der Waals surface area (Å²) in [5.74, 6) is 0.914. The third-order valence-corrected chi connectivity index (χ3v) is 11.2. The van der Waals surface area contributed by atoms with E-state index in [1.807, 2.05) is 0 Å². The summed E-state index contributed by atoms with van der Waals surface area (Å²) in [5, 5.41) is 2.83. The van der Waals surface area contributed by atoms with Gasteiger partial charge in [0.1, 0.15) is 6.10 Å². The largest absolute Gasteiger partial charge is 0.462 e. The van der Waals surface area contributed by atoms with Gasteiger partial charge in [-0.3, -0.25) is 4.79 Å². The first kappa shape index (κ1) is 51.7. The fourth-order valence-corrected chi connectivity index (χ4v) is 7.62. The van der Waals surface area contributed by atoms with Crippen LogP contribution in [0.15, 0.2) is 0 Å². The van der Waals surface area contributed by atoms with E-state index in [-0.39, 0.29) is 18.2 Å². The number of unbranched alkanes of at least 4 members (excludes halogenated alkanes) is 23. The summed E-state index contributed by atoms with van der Waals surface area (Å²) >= 11 is 0. The van der Waals surface area contributed by atoms with Crippen LogP contribution in [-0.4, -0.2) is 56.4 Å². The number of amides is 1. The minimum Gasteiger partial charge on any atom is -0.462 e.